The van der Waals surface area contributed by atoms with Gasteiger partial charge in [-0.2, -0.15) is 20.4 Å². The molecule has 1 N–H and O–H groups in total. The van der Waals surface area contributed by atoms with Crippen LogP contribution in [-0.4, -0.2) is 47.9 Å². The SMILES string of the molecule is CNc1cc2c(cn1)c(-c1cnn(C)c1)nn2[C@H]1CC[C@@H](Oc2ccnnc2)CC1. The Balaban J connectivity index is 1.42. The lowest BCUT2D eigenvalue weighted by atomic mass is 9.93. The summed E-state index contributed by atoms with van der Waals surface area (Å²) >= 11 is 0. The molecule has 5 rings (SSSR count). The molecule has 1 saturated carbocycles. The maximum Gasteiger partial charge on any atom is 0.141 e. The Morgan fingerprint density at radius 3 is 2.67 bits per heavy atom. The van der Waals surface area contributed by atoms with Gasteiger partial charge in [0.25, 0.3) is 0 Å². The Labute approximate surface area is 174 Å². The van der Waals surface area contributed by atoms with Crippen molar-refractivity contribution < 1.29 is 4.74 Å². The summed E-state index contributed by atoms with van der Waals surface area (Å²) in [5.41, 5.74) is 3.02. The number of nitrogens with one attached hydrogen (secondary N) is 1. The molecule has 154 valence electrons. The lowest BCUT2D eigenvalue weighted by Crippen LogP contribution is -2.26. The minimum Gasteiger partial charge on any atom is -0.489 e. The molecule has 0 saturated heterocycles. The molecule has 0 atom stereocenters. The molecule has 0 amide bonds. The number of hydrogen-bond acceptors (Lipinski definition) is 7. The van der Waals surface area contributed by atoms with Gasteiger partial charge in [-0.05, 0) is 25.7 Å². The molecule has 4 aromatic rings. The second-order valence-corrected chi connectivity index (χ2v) is 7.66. The lowest BCUT2D eigenvalue weighted by Gasteiger charge is -2.29. The van der Waals surface area contributed by atoms with Gasteiger partial charge in [0.15, 0.2) is 0 Å². The quantitative estimate of drug-likeness (QED) is 0.545. The highest BCUT2D eigenvalue weighted by Gasteiger charge is 2.27. The number of rotatable bonds is 5. The number of aryl methyl sites for hydroxylation is 1. The van der Waals surface area contributed by atoms with Crippen LogP contribution in [0.3, 0.4) is 0 Å². The summed E-state index contributed by atoms with van der Waals surface area (Å²) in [4.78, 5) is 4.51. The number of fused-ring (bicyclic) bond motifs is 1. The van der Waals surface area contributed by atoms with Gasteiger partial charge in [-0.3, -0.25) is 9.36 Å². The van der Waals surface area contributed by atoms with Crippen LogP contribution < -0.4 is 10.1 Å². The van der Waals surface area contributed by atoms with E-state index in [1.54, 1.807) is 17.1 Å². The van der Waals surface area contributed by atoms with E-state index >= 15 is 0 Å². The van der Waals surface area contributed by atoms with Crippen LogP contribution in [0.25, 0.3) is 22.2 Å². The van der Waals surface area contributed by atoms with Gasteiger partial charge in [0.05, 0.1) is 36.3 Å². The molecule has 0 aromatic carbocycles. The van der Waals surface area contributed by atoms with Gasteiger partial charge in [-0.25, -0.2) is 4.98 Å². The molecule has 1 aliphatic rings. The van der Waals surface area contributed by atoms with E-state index in [4.69, 9.17) is 9.84 Å². The fourth-order valence-electron chi connectivity index (χ4n) is 4.15. The van der Waals surface area contributed by atoms with Crippen molar-refractivity contribution in [2.75, 3.05) is 12.4 Å². The number of ether oxygens (including phenoxy) is 1. The van der Waals surface area contributed by atoms with Crippen LogP contribution in [-0.2, 0) is 7.05 Å². The third-order valence-corrected chi connectivity index (χ3v) is 5.68. The fraction of sp³-hybridized carbons (Fsp3) is 0.381. The predicted octanol–water partition coefficient (Wildman–Crippen LogP) is 3.23. The molecule has 0 unspecified atom stereocenters. The molecule has 4 heterocycles. The van der Waals surface area contributed by atoms with E-state index in [1.807, 2.05) is 38.8 Å². The molecule has 1 aliphatic carbocycles. The normalized spacial score (nSPS) is 19.1. The first-order valence-electron chi connectivity index (χ1n) is 10.2. The van der Waals surface area contributed by atoms with Crippen LogP contribution in [0.4, 0.5) is 5.82 Å². The van der Waals surface area contributed by atoms with Crippen LogP contribution in [0.2, 0.25) is 0 Å². The highest BCUT2D eigenvalue weighted by atomic mass is 16.5. The molecule has 9 nitrogen and oxygen atoms in total. The van der Waals surface area contributed by atoms with E-state index in [0.717, 1.165) is 59.4 Å². The molecular weight excluding hydrogens is 380 g/mol. The minimum atomic E-state index is 0.194. The van der Waals surface area contributed by atoms with Gasteiger partial charge in [0.1, 0.15) is 17.3 Å². The van der Waals surface area contributed by atoms with Crippen LogP contribution in [0.1, 0.15) is 31.7 Å². The second kappa shape index (κ2) is 7.74. The highest BCUT2D eigenvalue weighted by Crippen LogP contribution is 2.36. The second-order valence-electron chi connectivity index (χ2n) is 7.66. The van der Waals surface area contributed by atoms with Gasteiger partial charge < -0.3 is 10.1 Å². The number of anilines is 1. The van der Waals surface area contributed by atoms with E-state index in [1.165, 1.54) is 0 Å². The van der Waals surface area contributed by atoms with Crippen molar-refractivity contribution in [3.05, 3.63) is 43.1 Å². The summed E-state index contributed by atoms with van der Waals surface area (Å²) in [7, 11) is 3.80. The first-order valence-corrected chi connectivity index (χ1v) is 10.2. The molecule has 4 aromatic heterocycles. The zero-order chi connectivity index (χ0) is 20.5. The fourth-order valence-corrected chi connectivity index (χ4v) is 4.15. The Hall–Kier alpha value is -3.49. The molecule has 0 radical (unpaired) electrons. The average Bonchev–Trinajstić information content (AvgIpc) is 3.38. The summed E-state index contributed by atoms with van der Waals surface area (Å²) in [6.45, 7) is 0. The molecule has 0 spiro atoms. The molecule has 9 heteroatoms. The topological polar surface area (TPSA) is 95.6 Å². The van der Waals surface area contributed by atoms with E-state index < -0.39 is 0 Å². The van der Waals surface area contributed by atoms with Crippen LogP contribution in [0.5, 0.6) is 5.75 Å². The van der Waals surface area contributed by atoms with Gasteiger partial charge in [0.2, 0.25) is 0 Å². The lowest BCUT2D eigenvalue weighted by molar-refractivity contribution is 0.130. The standard InChI is InChI=1S/C21H24N8O/c1-22-20-9-19-18(12-23-20)21(14-10-26-28(2)13-14)27-29(19)15-3-5-16(6-4-15)30-17-7-8-24-25-11-17/h7-13,15-16H,3-6H2,1-2H3,(H,22,23)/t15-,16+. The van der Waals surface area contributed by atoms with Crippen molar-refractivity contribution in [1.82, 2.24) is 34.7 Å². The van der Waals surface area contributed by atoms with Crippen molar-refractivity contribution in [3.8, 4) is 17.0 Å². The van der Waals surface area contributed by atoms with Gasteiger partial charge >= 0.3 is 0 Å². The van der Waals surface area contributed by atoms with E-state index in [9.17, 15) is 0 Å². The monoisotopic (exact) mass is 404 g/mol. The van der Waals surface area contributed by atoms with Crippen molar-refractivity contribution in [2.24, 2.45) is 7.05 Å². The van der Waals surface area contributed by atoms with E-state index in [-0.39, 0.29) is 6.10 Å². The van der Waals surface area contributed by atoms with Crippen molar-refractivity contribution in [1.29, 1.82) is 0 Å². The minimum absolute atomic E-state index is 0.194. The number of hydrogen-bond donors (Lipinski definition) is 1. The molecule has 0 bridgehead atoms. The number of aromatic nitrogens is 7. The largest absolute Gasteiger partial charge is 0.489 e. The molecule has 30 heavy (non-hydrogen) atoms. The van der Waals surface area contributed by atoms with E-state index in [0.29, 0.717) is 6.04 Å². The van der Waals surface area contributed by atoms with Crippen LogP contribution in [0.15, 0.2) is 43.1 Å². The molecule has 1 fully saturated rings. The van der Waals surface area contributed by atoms with Crippen molar-refractivity contribution in [2.45, 2.75) is 37.8 Å². The third kappa shape index (κ3) is 3.47. The molecular formula is C21H24N8O. The highest BCUT2D eigenvalue weighted by molar-refractivity contribution is 5.93. The van der Waals surface area contributed by atoms with E-state index in [2.05, 4.69) is 36.3 Å². The Bertz CT molecular complexity index is 1140. The van der Waals surface area contributed by atoms with Crippen LogP contribution in [0, 0.1) is 0 Å². The number of nitrogens with zero attached hydrogens (tertiary/aromatic N) is 7. The zero-order valence-electron chi connectivity index (χ0n) is 17.1. The maximum atomic E-state index is 6.08. The Kier molecular flexibility index (Phi) is 4.78. The summed E-state index contributed by atoms with van der Waals surface area (Å²) in [6, 6.07) is 4.25. The first-order chi connectivity index (χ1) is 14.7. The summed E-state index contributed by atoms with van der Waals surface area (Å²) in [5.74, 6) is 1.62. The van der Waals surface area contributed by atoms with Gasteiger partial charge in [0, 0.05) is 49.6 Å². The summed E-state index contributed by atoms with van der Waals surface area (Å²) in [5, 5.41) is 21.2. The average molecular weight is 404 g/mol. The molecule has 0 aliphatic heterocycles. The van der Waals surface area contributed by atoms with Gasteiger partial charge in [-0.1, -0.05) is 0 Å². The van der Waals surface area contributed by atoms with Crippen LogP contribution >= 0.6 is 0 Å². The Morgan fingerprint density at radius 2 is 1.97 bits per heavy atom. The Morgan fingerprint density at radius 1 is 1.10 bits per heavy atom. The van der Waals surface area contributed by atoms with Crippen molar-refractivity contribution in [3.63, 3.8) is 0 Å². The smallest absolute Gasteiger partial charge is 0.141 e. The number of pyridine rings is 1. The maximum absolute atomic E-state index is 6.08. The predicted molar refractivity (Wildman–Crippen MR) is 113 cm³/mol. The third-order valence-electron chi connectivity index (χ3n) is 5.68. The summed E-state index contributed by atoms with van der Waals surface area (Å²) in [6.07, 6.45) is 13.2. The summed E-state index contributed by atoms with van der Waals surface area (Å²) < 4.78 is 10.0. The van der Waals surface area contributed by atoms with Gasteiger partial charge in [-0.15, -0.1) is 0 Å². The van der Waals surface area contributed by atoms with Crippen molar-refractivity contribution >= 4 is 16.7 Å². The first kappa shape index (κ1) is 18.5. The zero-order valence-corrected chi connectivity index (χ0v) is 17.1.